The minimum absolute atomic E-state index is 0.244. The summed E-state index contributed by atoms with van der Waals surface area (Å²) in [6.07, 6.45) is 0. The third-order valence-electron chi connectivity index (χ3n) is 3.80. The van der Waals surface area contributed by atoms with E-state index in [1.54, 1.807) is 14.2 Å². The van der Waals surface area contributed by atoms with E-state index < -0.39 is 0 Å². The van der Waals surface area contributed by atoms with Gasteiger partial charge in [-0.25, -0.2) is 0 Å². The zero-order valence-corrected chi connectivity index (χ0v) is 13.1. The Balaban J connectivity index is 2.11. The zero-order chi connectivity index (χ0) is 16.2. The van der Waals surface area contributed by atoms with Gasteiger partial charge in [0, 0.05) is 11.1 Å². The summed E-state index contributed by atoms with van der Waals surface area (Å²) in [5, 5.41) is 10.7. The van der Waals surface area contributed by atoms with Gasteiger partial charge < -0.3 is 14.6 Å². The van der Waals surface area contributed by atoms with Crippen LogP contribution in [0.1, 0.15) is 0 Å². The van der Waals surface area contributed by atoms with Crippen LogP contribution in [0.15, 0.2) is 66.7 Å². The minimum Gasteiger partial charge on any atom is -0.507 e. The van der Waals surface area contributed by atoms with Gasteiger partial charge >= 0.3 is 0 Å². The fourth-order valence-electron chi connectivity index (χ4n) is 2.59. The maximum absolute atomic E-state index is 10.7. The molecule has 3 aromatic rings. The molecule has 0 spiro atoms. The summed E-state index contributed by atoms with van der Waals surface area (Å²) in [6.45, 7) is 0. The van der Waals surface area contributed by atoms with E-state index in [2.05, 4.69) is 0 Å². The van der Waals surface area contributed by atoms with Crippen LogP contribution in [-0.4, -0.2) is 19.3 Å². The molecule has 23 heavy (non-hydrogen) atoms. The summed E-state index contributed by atoms with van der Waals surface area (Å²) in [6, 6.07) is 21.0. The first-order chi connectivity index (χ1) is 11.2. The molecule has 0 aromatic heterocycles. The zero-order valence-electron chi connectivity index (χ0n) is 13.1. The fourth-order valence-corrected chi connectivity index (χ4v) is 2.59. The number of hydrogen-bond acceptors (Lipinski definition) is 3. The van der Waals surface area contributed by atoms with Crippen LogP contribution in [0, 0.1) is 0 Å². The van der Waals surface area contributed by atoms with Gasteiger partial charge in [-0.3, -0.25) is 0 Å². The molecule has 3 aromatic carbocycles. The molecule has 0 heterocycles. The number of rotatable bonds is 4. The number of aromatic hydroxyl groups is 1. The molecule has 1 N–H and O–H groups in total. The molecule has 0 saturated carbocycles. The van der Waals surface area contributed by atoms with E-state index in [-0.39, 0.29) is 5.75 Å². The second-order valence-electron chi connectivity index (χ2n) is 5.17. The summed E-state index contributed by atoms with van der Waals surface area (Å²) in [5.74, 6) is 1.76. The molecule has 0 aliphatic heterocycles. The Kier molecular flexibility index (Phi) is 4.20. The lowest BCUT2D eigenvalue weighted by molar-refractivity contribution is 0.415. The molecule has 0 aliphatic rings. The summed E-state index contributed by atoms with van der Waals surface area (Å²) >= 11 is 0. The summed E-state index contributed by atoms with van der Waals surface area (Å²) in [5.41, 5.74) is 3.35. The summed E-state index contributed by atoms with van der Waals surface area (Å²) in [4.78, 5) is 0. The van der Waals surface area contributed by atoms with Gasteiger partial charge in [0.1, 0.15) is 17.2 Å². The van der Waals surface area contributed by atoms with Crippen molar-refractivity contribution in [3.8, 4) is 39.5 Å². The predicted molar refractivity (Wildman–Crippen MR) is 92.1 cm³/mol. The van der Waals surface area contributed by atoms with Crippen LogP contribution in [0.4, 0.5) is 0 Å². The van der Waals surface area contributed by atoms with Gasteiger partial charge in [-0.15, -0.1) is 0 Å². The van der Waals surface area contributed by atoms with E-state index in [4.69, 9.17) is 9.47 Å². The summed E-state index contributed by atoms with van der Waals surface area (Å²) in [7, 11) is 3.26. The van der Waals surface area contributed by atoms with Gasteiger partial charge in [-0.1, -0.05) is 42.5 Å². The van der Waals surface area contributed by atoms with E-state index in [1.165, 1.54) is 0 Å². The average Bonchev–Trinajstić information content (AvgIpc) is 2.62. The Morgan fingerprint density at radius 1 is 0.652 bits per heavy atom. The van der Waals surface area contributed by atoms with Crippen LogP contribution < -0.4 is 9.47 Å². The number of para-hydroxylation sites is 1. The highest BCUT2D eigenvalue weighted by molar-refractivity contribution is 5.82. The maximum atomic E-state index is 10.7. The van der Waals surface area contributed by atoms with Crippen molar-refractivity contribution in [2.75, 3.05) is 14.2 Å². The highest BCUT2D eigenvalue weighted by Gasteiger charge is 2.11. The molecular weight excluding hydrogens is 288 g/mol. The Morgan fingerprint density at radius 2 is 1.09 bits per heavy atom. The topological polar surface area (TPSA) is 38.7 Å². The van der Waals surface area contributed by atoms with Gasteiger partial charge in [0.2, 0.25) is 0 Å². The quantitative estimate of drug-likeness (QED) is 0.756. The summed E-state index contributed by atoms with van der Waals surface area (Å²) < 4.78 is 10.5. The van der Waals surface area contributed by atoms with E-state index in [9.17, 15) is 5.11 Å². The van der Waals surface area contributed by atoms with Crippen molar-refractivity contribution in [2.24, 2.45) is 0 Å². The van der Waals surface area contributed by atoms with Crippen molar-refractivity contribution in [1.29, 1.82) is 0 Å². The van der Waals surface area contributed by atoms with Gasteiger partial charge in [-0.05, 0) is 35.4 Å². The van der Waals surface area contributed by atoms with Crippen molar-refractivity contribution >= 4 is 0 Å². The molecule has 3 rings (SSSR count). The number of ether oxygens (including phenoxy) is 2. The molecule has 116 valence electrons. The highest BCUT2D eigenvalue weighted by atomic mass is 16.5. The van der Waals surface area contributed by atoms with Gasteiger partial charge in [0.05, 0.1) is 14.2 Å². The van der Waals surface area contributed by atoms with Crippen LogP contribution in [0.25, 0.3) is 22.3 Å². The van der Waals surface area contributed by atoms with Crippen LogP contribution in [-0.2, 0) is 0 Å². The fraction of sp³-hybridized carbons (Fsp3) is 0.100. The Morgan fingerprint density at radius 3 is 1.52 bits per heavy atom. The van der Waals surface area contributed by atoms with E-state index in [1.807, 2.05) is 66.7 Å². The van der Waals surface area contributed by atoms with Crippen LogP contribution in [0.5, 0.6) is 17.2 Å². The number of phenolic OH excluding ortho intramolecular Hbond substituents is 1. The number of phenols is 1. The molecule has 0 aliphatic carbocycles. The van der Waals surface area contributed by atoms with Crippen molar-refractivity contribution in [3.05, 3.63) is 66.7 Å². The first kappa shape index (κ1) is 15.0. The third kappa shape index (κ3) is 2.99. The molecule has 0 unspecified atom stereocenters. The van der Waals surface area contributed by atoms with E-state index >= 15 is 0 Å². The second-order valence-corrected chi connectivity index (χ2v) is 5.17. The standard InChI is InChI=1S/C20H18O3/c1-22-16-8-3-6-14(12-16)18-10-5-11-19(20(18)21)15-7-4-9-17(13-15)23-2/h3-13,21H,1-2H3. The van der Waals surface area contributed by atoms with Crippen molar-refractivity contribution < 1.29 is 14.6 Å². The van der Waals surface area contributed by atoms with Crippen molar-refractivity contribution in [1.82, 2.24) is 0 Å². The first-order valence-electron chi connectivity index (χ1n) is 7.34. The SMILES string of the molecule is COc1cccc(-c2cccc(-c3cccc(OC)c3)c2O)c1. The van der Waals surface area contributed by atoms with Gasteiger partial charge in [0.15, 0.2) is 0 Å². The molecule has 0 amide bonds. The molecule has 3 heteroatoms. The lowest BCUT2D eigenvalue weighted by Crippen LogP contribution is -1.87. The smallest absolute Gasteiger partial charge is 0.131 e. The van der Waals surface area contributed by atoms with Crippen molar-refractivity contribution in [2.45, 2.75) is 0 Å². The molecular formula is C20H18O3. The normalized spacial score (nSPS) is 10.3. The Labute approximate surface area is 135 Å². The monoisotopic (exact) mass is 306 g/mol. The Hall–Kier alpha value is -2.94. The number of methoxy groups -OCH3 is 2. The molecule has 0 radical (unpaired) electrons. The lowest BCUT2D eigenvalue weighted by Gasteiger charge is -2.12. The number of hydrogen-bond donors (Lipinski definition) is 1. The Bertz CT molecular complexity index is 759. The minimum atomic E-state index is 0.244. The molecule has 0 fully saturated rings. The van der Waals surface area contributed by atoms with E-state index in [0.29, 0.717) is 0 Å². The van der Waals surface area contributed by atoms with E-state index in [0.717, 1.165) is 33.8 Å². The van der Waals surface area contributed by atoms with Crippen LogP contribution in [0.3, 0.4) is 0 Å². The lowest BCUT2D eigenvalue weighted by atomic mass is 9.97. The highest BCUT2D eigenvalue weighted by Crippen LogP contribution is 2.39. The second kappa shape index (κ2) is 6.44. The molecule has 0 atom stereocenters. The van der Waals surface area contributed by atoms with Crippen molar-refractivity contribution in [3.63, 3.8) is 0 Å². The van der Waals surface area contributed by atoms with Gasteiger partial charge in [-0.2, -0.15) is 0 Å². The largest absolute Gasteiger partial charge is 0.507 e. The molecule has 3 nitrogen and oxygen atoms in total. The van der Waals surface area contributed by atoms with Crippen LogP contribution in [0.2, 0.25) is 0 Å². The van der Waals surface area contributed by atoms with Gasteiger partial charge in [0.25, 0.3) is 0 Å². The predicted octanol–water partition coefficient (Wildman–Crippen LogP) is 4.74. The first-order valence-corrected chi connectivity index (χ1v) is 7.34. The average molecular weight is 306 g/mol. The number of benzene rings is 3. The maximum Gasteiger partial charge on any atom is 0.131 e. The molecule has 0 saturated heterocycles. The third-order valence-corrected chi connectivity index (χ3v) is 3.80. The van der Waals surface area contributed by atoms with Crippen LogP contribution >= 0.6 is 0 Å². The molecule has 0 bridgehead atoms.